The first kappa shape index (κ1) is 22.4. The summed E-state index contributed by atoms with van der Waals surface area (Å²) in [7, 11) is 1.45. The molecule has 0 N–H and O–H groups in total. The van der Waals surface area contributed by atoms with E-state index < -0.39 is 0 Å². The summed E-state index contributed by atoms with van der Waals surface area (Å²) in [6.45, 7) is 8.15. The Morgan fingerprint density at radius 2 is 1.33 bits per heavy atom. The number of hydrogen-bond acceptors (Lipinski definition) is 3. The maximum Gasteiger partial charge on any atom is 0.259 e. The van der Waals surface area contributed by atoms with Crippen molar-refractivity contribution in [1.29, 1.82) is 0 Å². The molecule has 2 aromatic rings. The highest BCUT2D eigenvalue weighted by molar-refractivity contribution is 6.37. The van der Waals surface area contributed by atoms with E-state index in [2.05, 4.69) is 20.8 Å². The van der Waals surface area contributed by atoms with E-state index in [4.69, 9.17) is 27.9 Å². The zero-order chi connectivity index (χ0) is 22.1. The molecule has 1 saturated heterocycles. The number of halogens is 2. The number of amides is 2. The van der Waals surface area contributed by atoms with Gasteiger partial charge < -0.3 is 14.5 Å². The van der Waals surface area contributed by atoms with Crippen LogP contribution in [0.4, 0.5) is 0 Å². The van der Waals surface area contributed by atoms with E-state index in [1.807, 2.05) is 24.3 Å². The Bertz CT molecular complexity index is 944. The smallest absolute Gasteiger partial charge is 0.259 e. The number of ether oxygens (including phenoxy) is 1. The van der Waals surface area contributed by atoms with Crippen LogP contribution in [0.15, 0.2) is 36.4 Å². The van der Waals surface area contributed by atoms with Gasteiger partial charge in [-0.1, -0.05) is 56.1 Å². The first-order chi connectivity index (χ1) is 14.1. The molecule has 0 atom stereocenters. The lowest BCUT2D eigenvalue weighted by atomic mass is 9.86. The average molecular weight is 449 g/mol. The van der Waals surface area contributed by atoms with Gasteiger partial charge in [-0.25, -0.2) is 0 Å². The van der Waals surface area contributed by atoms with Crippen LogP contribution in [0.2, 0.25) is 10.0 Å². The predicted octanol–water partition coefficient (Wildman–Crippen LogP) is 4.90. The molecule has 5 nitrogen and oxygen atoms in total. The molecule has 2 amide bonds. The van der Waals surface area contributed by atoms with E-state index >= 15 is 0 Å². The number of hydrogen-bond donors (Lipinski definition) is 0. The number of carbonyl (C=O) groups excluding carboxylic acids is 2. The van der Waals surface area contributed by atoms with E-state index in [1.54, 1.807) is 21.9 Å². The number of benzene rings is 2. The zero-order valence-electron chi connectivity index (χ0n) is 17.7. The Morgan fingerprint density at radius 3 is 1.83 bits per heavy atom. The fourth-order valence-corrected chi connectivity index (χ4v) is 3.96. The third-order valence-electron chi connectivity index (χ3n) is 5.33. The van der Waals surface area contributed by atoms with Crippen LogP contribution in [0.1, 0.15) is 47.1 Å². The molecule has 1 aliphatic rings. The molecule has 0 spiro atoms. The van der Waals surface area contributed by atoms with Gasteiger partial charge in [-0.05, 0) is 35.2 Å². The van der Waals surface area contributed by atoms with Gasteiger partial charge in [0.2, 0.25) is 0 Å². The van der Waals surface area contributed by atoms with Gasteiger partial charge in [-0.15, -0.1) is 0 Å². The van der Waals surface area contributed by atoms with Gasteiger partial charge >= 0.3 is 0 Å². The third kappa shape index (κ3) is 4.57. The second kappa shape index (κ2) is 8.86. The summed E-state index contributed by atoms with van der Waals surface area (Å²) in [4.78, 5) is 29.3. The molecule has 3 rings (SSSR count). The van der Waals surface area contributed by atoms with Crippen molar-refractivity contribution in [1.82, 2.24) is 9.80 Å². The number of methoxy groups -OCH3 is 1. The summed E-state index contributed by atoms with van der Waals surface area (Å²) < 4.78 is 5.29. The second-order valence-corrected chi connectivity index (χ2v) is 9.16. The summed E-state index contributed by atoms with van der Waals surface area (Å²) in [6.07, 6.45) is 0. The minimum Gasteiger partial charge on any atom is -0.494 e. The van der Waals surface area contributed by atoms with Gasteiger partial charge in [0.1, 0.15) is 5.56 Å². The fraction of sp³-hybridized carbons (Fsp3) is 0.391. The van der Waals surface area contributed by atoms with Crippen molar-refractivity contribution in [3.05, 3.63) is 63.1 Å². The van der Waals surface area contributed by atoms with Crippen LogP contribution in [-0.2, 0) is 5.41 Å². The lowest BCUT2D eigenvalue weighted by molar-refractivity contribution is 0.0533. The summed E-state index contributed by atoms with van der Waals surface area (Å²) in [5.41, 5.74) is 2.13. The maximum atomic E-state index is 13.0. The van der Waals surface area contributed by atoms with Gasteiger partial charge in [0.15, 0.2) is 5.75 Å². The average Bonchev–Trinajstić information content (AvgIpc) is 2.73. The summed E-state index contributed by atoms with van der Waals surface area (Å²) in [5.74, 6) is -0.00600. The quantitative estimate of drug-likeness (QED) is 0.670. The van der Waals surface area contributed by atoms with Crippen LogP contribution in [0.5, 0.6) is 5.75 Å². The first-order valence-corrected chi connectivity index (χ1v) is 10.6. The van der Waals surface area contributed by atoms with Crippen LogP contribution >= 0.6 is 23.2 Å². The number of rotatable bonds is 3. The molecule has 0 bridgehead atoms. The molecule has 0 aliphatic carbocycles. The van der Waals surface area contributed by atoms with E-state index in [9.17, 15) is 9.59 Å². The van der Waals surface area contributed by atoms with Crippen LogP contribution in [0.3, 0.4) is 0 Å². The largest absolute Gasteiger partial charge is 0.494 e. The second-order valence-electron chi connectivity index (χ2n) is 8.35. The Morgan fingerprint density at radius 1 is 0.833 bits per heavy atom. The van der Waals surface area contributed by atoms with Crippen LogP contribution < -0.4 is 4.74 Å². The minimum atomic E-state index is -0.249. The van der Waals surface area contributed by atoms with Crippen LogP contribution in [0.25, 0.3) is 0 Å². The molecular formula is C23H26Cl2N2O3. The standard InChI is InChI=1S/C23H26Cl2N2O3/c1-23(2,3)16-7-5-15(6-8-16)21(28)26-11-13-27(14-12-26)22(29)19-17(24)9-10-18(25)20(19)30-4/h5-10H,11-14H2,1-4H3. The molecular weight excluding hydrogens is 423 g/mol. The highest BCUT2D eigenvalue weighted by atomic mass is 35.5. The normalized spacial score (nSPS) is 14.6. The SMILES string of the molecule is COc1c(Cl)ccc(Cl)c1C(=O)N1CCN(C(=O)c2ccc(C(C)(C)C)cc2)CC1. The summed E-state index contributed by atoms with van der Waals surface area (Å²) in [6, 6.07) is 10.9. The van der Waals surface area contributed by atoms with Crippen molar-refractivity contribution in [3.63, 3.8) is 0 Å². The molecule has 2 aromatic carbocycles. The van der Waals surface area contributed by atoms with Gasteiger partial charge in [0.25, 0.3) is 11.8 Å². The van der Waals surface area contributed by atoms with Crippen molar-refractivity contribution in [2.24, 2.45) is 0 Å². The fourth-order valence-electron chi connectivity index (χ4n) is 3.50. The predicted molar refractivity (Wildman–Crippen MR) is 120 cm³/mol. The molecule has 0 unspecified atom stereocenters. The Kier molecular flexibility index (Phi) is 6.63. The van der Waals surface area contributed by atoms with Crippen molar-refractivity contribution in [2.75, 3.05) is 33.3 Å². The molecule has 1 aliphatic heterocycles. The molecule has 1 fully saturated rings. The highest BCUT2D eigenvalue weighted by Gasteiger charge is 2.29. The van der Waals surface area contributed by atoms with E-state index in [0.29, 0.717) is 41.8 Å². The Hall–Kier alpha value is -2.24. The van der Waals surface area contributed by atoms with Crippen LogP contribution in [-0.4, -0.2) is 54.9 Å². The summed E-state index contributed by atoms with van der Waals surface area (Å²) in [5, 5.41) is 0.622. The van der Waals surface area contributed by atoms with Crippen molar-refractivity contribution in [2.45, 2.75) is 26.2 Å². The van der Waals surface area contributed by atoms with Gasteiger partial charge in [-0.2, -0.15) is 0 Å². The Labute approximate surface area is 187 Å². The first-order valence-electron chi connectivity index (χ1n) is 9.84. The maximum absolute atomic E-state index is 13.0. The lowest BCUT2D eigenvalue weighted by Gasteiger charge is -2.35. The van der Waals surface area contributed by atoms with E-state index in [1.165, 1.54) is 12.7 Å². The Balaban J connectivity index is 1.68. The minimum absolute atomic E-state index is 0.0269. The number of nitrogens with zero attached hydrogens (tertiary/aromatic N) is 2. The van der Waals surface area contributed by atoms with E-state index in [0.717, 1.165) is 0 Å². The molecule has 0 radical (unpaired) electrons. The molecule has 160 valence electrons. The molecule has 30 heavy (non-hydrogen) atoms. The van der Waals surface area contributed by atoms with Crippen molar-refractivity contribution >= 4 is 35.0 Å². The van der Waals surface area contributed by atoms with E-state index in [-0.39, 0.29) is 28.5 Å². The van der Waals surface area contributed by atoms with Gasteiger partial charge in [0.05, 0.1) is 17.2 Å². The van der Waals surface area contributed by atoms with Crippen molar-refractivity contribution in [3.8, 4) is 5.75 Å². The molecule has 1 heterocycles. The summed E-state index contributed by atoms with van der Waals surface area (Å²) >= 11 is 12.4. The third-order valence-corrected chi connectivity index (χ3v) is 5.94. The van der Waals surface area contributed by atoms with Crippen molar-refractivity contribution < 1.29 is 14.3 Å². The van der Waals surface area contributed by atoms with Gasteiger partial charge in [0, 0.05) is 31.7 Å². The molecule has 0 saturated carbocycles. The highest BCUT2D eigenvalue weighted by Crippen LogP contribution is 2.35. The lowest BCUT2D eigenvalue weighted by Crippen LogP contribution is -2.50. The topological polar surface area (TPSA) is 49.9 Å². The molecule has 0 aromatic heterocycles. The number of carbonyl (C=O) groups is 2. The van der Waals surface area contributed by atoms with Crippen LogP contribution in [0, 0.1) is 0 Å². The monoisotopic (exact) mass is 448 g/mol. The zero-order valence-corrected chi connectivity index (χ0v) is 19.2. The number of piperazine rings is 1. The van der Waals surface area contributed by atoms with Gasteiger partial charge in [-0.3, -0.25) is 9.59 Å². The molecule has 7 heteroatoms.